The van der Waals surface area contributed by atoms with Crippen molar-refractivity contribution in [1.29, 1.82) is 0 Å². The van der Waals surface area contributed by atoms with Crippen LogP contribution < -0.4 is 5.32 Å². The fourth-order valence-corrected chi connectivity index (χ4v) is 3.12. The van der Waals surface area contributed by atoms with Gasteiger partial charge in [0.05, 0.1) is 0 Å². The number of carbonyl (C=O) groups excluding carboxylic acids is 1. The van der Waals surface area contributed by atoms with Crippen molar-refractivity contribution < 1.29 is 4.79 Å². The molecule has 0 saturated carbocycles. The highest BCUT2D eigenvalue weighted by Gasteiger charge is 2.16. The van der Waals surface area contributed by atoms with Crippen LogP contribution in [0.3, 0.4) is 0 Å². The van der Waals surface area contributed by atoms with Crippen LogP contribution in [-0.4, -0.2) is 13.0 Å². The number of amides is 1. The van der Waals surface area contributed by atoms with E-state index in [2.05, 4.69) is 26.1 Å². The van der Waals surface area contributed by atoms with Crippen molar-refractivity contribution in [3.8, 4) is 0 Å². The van der Waals surface area contributed by atoms with E-state index < -0.39 is 0 Å². The van der Waals surface area contributed by atoms with Gasteiger partial charge in [-0.3, -0.25) is 4.79 Å². The number of rotatable bonds is 14. The summed E-state index contributed by atoms with van der Waals surface area (Å²) in [6, 6.07) is 0. The lowest BCUT2D eigenvalue weighted by Gasteiger charge is -2.17. The number of hydrogen-bond donors (Lipinski definition) is 1. The maximum atomic E-state index is 11.9. The molecule has 0 fully saturated rings. The van der Waals surface area contributed by atoms with Gasteiger partial charge in [-0.25, -0.2) is 0 Å². The van der Waals surface area contributed by atoms with Gasteiger partial charge in [0.1, 0.15) is 0 Å². The molecule has 0 aromatic rings. The second-order valence-corrected chi connectivity index (χ2v) is 6.51. The van der Waals surface area contributed by atoms with Crippen LogP contribution >= 0.6 is 0 Å². The molecule has 0 radical (unpaired) electrons. The number of nitrogens with one attached hydrogen (secondary N) is 1. The van der Waals surface area contributed by atoms with Crippen LogP contribution in [0.5, 0.6) is 0 Å². The third-order valence-electron chi connectivity index (χ3n) is 4.73. The van der Waals surface area contributed by atoms with Gasteiger partial charge in [0.2, 0.25) is 5.91 Å². The lowest BCUT2D eigenvalue weighted by molar-refractivity contribution is -0.125. The largest absolute Gasteiger partial charge is 0.359 e. The molecule has 0 aromatic carbocycles. The zero-order valence-electron chi connectivity index (χ0n) is 15.0. The van der Waals surface area contributed by atoms with Crippen LogP contribution in [0, 0.1) is 11.8 Å². The Morgan fingerprint density at radius 1 is 0.810 bits per heavy atom. The van der Waals surface area contributed by atoms with Gasteiger partial charge in [-0.05, 0) is 18.8 Å². The van der Waals surface area contributed by atoms with E-state index in [1.807, 2.05) is 0 Å². The molecular weight excluding hydrogens is 258 g/mol. The Balaban J connectivity index is 3.91. The maximum Gasteiger partial charge on any atom is 0.222 e. The molecule has 0 aliphatic heterocycles. The van der Waals surface area contributed by atoms with Crippen LogP contribution in [0.15, 0.2) is 0 Å². The molecule has 2 nitrogen and oxygen atoms in total. The van der Waals surface area contributed by atoms with E-state index in [0.29, 0.717) is 0 Å². The quantitative estimate of drug-likeness (QED) is 0.409. The summed E-state index contributed by atoms with van der Waals surface area (Å²) in [7, 11) is 1.77. The van der Waals surface area contributed by atoms with Gasteiger partial charge in [0.25, 0.3) is 0 Å². The first-order chi connectivity index (χ1) is 10.2. The second-order valence-electron chi connectivity index (χ2n) is 6.51. The van der Waals surface area contributed by atoms with Gasteiger partial charge in [-0.1, -0.05) is 85.0 Å². The highest BCUT2D eigenvalue weighted by molar-refractivity contribution is 5.78. The van der Waals surface area contributed by atoms with Gasteiger partial charge in [-0.15, -0.1) is 0 Å². The molecule has 0 aromatic heterocycles. The molecule has 2 atom stereocenters. The topological polar surface area (TPSA) is 29.1 Å². The lowest BCUT2D eigenvalue weighted by atomic mass is 9.90. The molecule has 21 heavy (non-hydrogen) atoms. The fraction of sp³-hybridized carbons (Fsp3) is 0.947. The summed E-state index contributed by atoms with van der Waals surface area (Å²) in [6.07, 6.45) is 15.1. The molecular formula is C19H39NO. The third-order valence-corrected chi connectivity index (χ3v) is 4.73. The monoisotopic (exact) mass is 297 g/mol. The van der Waals surface area contributed by atoms with Gasteiger partial charge < -0.3 is 5.32 Å². The summed E-state index contributed by atoms with van der Waals surface area (Å²) >= 11 is 0. The predicted octanol–water partition coefficient (Wildman–Crippen LogP) is 5.71. The smallest absolute Gasteiger partial charge is 0.222 e. The van der Waals surface area contributed by atoms with Crippen LogP contribution in [-0.2, 0) is 4.79 Å². The van der Waals surface area contributed by atoms with Crippen molar-refractivity contribution >= 4 is 5.91 Å². The summed E-state index contributed by atoms with van der Waals surface area (Å²) in [6.45, 7) is 6.81. The minimum atomic E-state index is 0.247. The highest BCUT2D eigenvalue weighted by atomic mass is 16.1. The SMILES string of the molecule is CCCCC[C@H](CCCC[C@@H](CC)CCCC)C(=O)NC. The van der Waals surface area contributed by atoms with E-state index in [-0.39, 0.29) is 11.8 Å². The summed E-state index contributed by atoms with van der Waals surface area (Å²) in [4.78, 5) is 11.9. The molecule has 126 valence electrons. The van der Waals surface area contributed by atoms with E-state index in [1.54, 1.807) is 7.05 Å². The fourth-order valence-electron chi connectivity index (χ4n) is 3.12. The van der Waals surface area contributed by atoms with E-state index in [9.17, 15) is 4.79 Å². The third kappa shape index (κ3) is 10.8. The highest BCUT2D eigenvalue weighted by Crippen LogP contribution is 2.22. The van der Waals surface area contributed by atoms with Gasteiger partial charge >= 0.3 is 0 Å². The molecule has 0 saturated heterocycles. The van der Waals surface area contributed by atoms with Crippen molar-refractivity contribution in [3.05, 3.63) is 0 Å². The van der Waals surface area contributed by atoms with Crippen molar-refractivity contribution in [2.45, 2.75) is 97.8 Å². The van der Waals surface area contributed by atoms with Gasteiger partial charge in [0.15, 0.2) is 0 Å². The Morgan fingerprint density at radius 3 is 1.86 bits per heavy atom. The first-order valence-electron chi connectivity index (χ1n) is 9.41. The number of hydrogen-bond acceptors (Lipinski definition) is 1. The summed E-state index contributed by atoms with van der Waals surface area (Å²) < 4.78 is 0. The Hall–Kier alpha value is -0.530. The Kier molecular flexibility index (Phi) is 14.0. The molecule has 2 heteroatoms. The first kappa shape index (κ1) is 20.5. The van der Waals surface area contributed by atoms with Gasteiger partial charge in [-0.2, -0.15) is 0 Å². The van der Waals surface area contributed by atoms with Crippen molar-refractivity contribution in [2.24, 2.45) is 11.8 Å². The molecule has 0 aliphatic carbocycles. The summed E-state index contributed by atoms with van der Waals surface area (Å²) in [5.74, 6) is 1.41. The van der Waals surface area contributed by atoms with E-state index >= 15 is 0 Å². The molecule has 1 amide bonds. The van der Waals surface area contributed by atoms with Crippen LogP contribution in [0.4, 0.5) is 0 Å². The lowest BCUT2D eigenvalue weighted by Crippen LogP contribution is -2.27. The Labute approximate surface area is 133 Å². The van der Waals surface area contributed by atoms with Crippen molar-refractivity contribution in [1.82, 2.24) is 5.32 Å². The molecule has 1 N–H and O–H groups in total. The molecule has 0 aliphatic rings. The minimum absolute atomic E-state index is 0.247. The van der Waals surface area contributed by atoms with E-state index in [0.717, 1.165) is 18.8 Å². The Morgan fingerprint density at radius 2 is 1.33 bits per heavy atom. The normalized spacial score (nSPS) is 13.9. The number of carbonyl (C=O) groups is 1. The molecule has 0 bridgehead atoms. The number of unbranched alkanes of at least 4 members (excludes halogenated alkanes) is 4. The summed E-state index contributed by atoms with van der Waals surface area (Å²) in [5, 5.41) is 2.84. The second kappa shape index (κ2) is 14.4. The average Bonchev–Trinajstić information content (AvgIpc) is 2.51. The predicted molar refractivity (Wildman–Crippen MR) is 93.5 cm³/mol. The van der Waals surface area contributed by atoms with Crippen molar-refractivity contribution in [2.75, 3.05) is 7.05 Å². The standard InChI is InChI=1S/C19H39NO/c1-5-8-10-15-18(19(21)20-4)16-12-11-14-17(7-3)13-9-6-2/h17-18H,5-16H2,1-4H3,(H,20,21)/t17-,18+/m0/s1. The zero-order chi connectivity index (χ0) is 15.9. The van der Waals surface area contributed by atoms with Crippen LogP contribution in [0.1, 0.15) is 97.8 Å². The van der Waals surface area contributed by atoms with Gasteiger partial charge in [0, 0.05) is 13.0 Å². The molecule has 0 unspecified atom stereocenters. The zero-order valence-corrected chi connectivity index (χ0v) is 15.0. The van der Waals surface area contributed by atoms with E-state index in [4.69, 9.17) is 0 Å². The van der Waals surface area contributed by atoms with Crippen LogP contribution in [0.25, 0.3) is 0 Å². The van der Waals surface area contributed by atoms with Crippen molar-refractivity contribution in [3.63, 3.8) is 0 Å². The molecule has 0 rings (SSSR count). The first-order valence-corrected chi connectivity index (χ1v) is 9.41. The minimum Gasteiger partial charge on any atom is -0.359 e. The average molecular weight is 298 g/mol. The molecule has 0 heterocycles. The maximum absolute atomic E-state index is 11.9. The van der Waals surface area contributed by atoms with E-state index in [1.165, 1.54) is 64.2 Å². The Bertz CT molecular complexity index is 240. The molecule has 0 spiro atoms. The summed E-state index contributed by atoms with van der Waals surface area (Å²) in [5.41, 5.74) is 0. The van der Waals surface area contributed by atoms with Crippen LogP contribution in [0.2, 0.25) is 0 Å².